The first-order valence-corrected chi connectivity index (χ1v) is 30.4. The molecule has 0 saturated heterocycles. The van der Waals surface area contributed by atoms with Crippen LogP contribution in [0.15, 0.2) is 96.0 Å². The van der Waals surface area contributed by atoms with Crippen molar-refractivity contribution in [3.05, 3.63) is 130 Å². The highest BCUT2D eigenvalue weighted by Gasteiger charge is 2.39. The minimum atomic E-state index is -4.55. The number of carbonyl (C=O) groups is 3. The molecule has 4 aliphatic heterocycles. The summed E-state index contributed by atoms with van der Waals surface area (Å²) in [6, 6.07) is 29.2. The molecule has 0 aromatic heterocycles. The Kier molecular flexibility index (Phi) is 18.6. The number of ether oxygens (including phenoxy) is 6. The number of fused-ring (bicyclic) bond motifs is 8. The van der Waals surface area contributed by atoms with E-state index in [-0.39, 0.29) is 50.0 Å². The third-order valence-corrected chi connectivity index (χ3v) is 18.9. The van der Waals surface area contributed by atoms with E-state index in [1.54, 1.807) is 49.0 Å². The lowest BCUT2D eigenvalue weighted by molar-refractivity contribution is -0.118. The lowest BCUT2D eigenvalue weighted by atomic mass is 10.1. The molecule has 3 atom stereocenters. The van der Waals surface area contributed by atoms with E-state index in [1.807, 2.05) is 78.7 Å². The molecule has 0 fully saturated rings. The molecule has 0 aliphatic carbocycles. The van der Waals surface area contributed by atoms with Gasteiger partial charge >= 0.3 is 0 Å². The summed E-state index contributed by atoms with van der Waals surface area (Å²) < 4.78 is 69.7. The van der Waals surface area contributed by atoms with Crippen molar-refractivity contribution in [1.82, 2.24) is 0 Å². The summed E-state index contributed by atoms with van der Waals surface area (Å²) in [5.41, 5.74) is 9.57. The monoisotopic (exact) mass is 1140 g/mol. The normalized spacial score (nSPS) is 16.6. The number of benzene rings is 5. The van der Waals surface area contributed by atoms with Gasteiger partial charge in [-0.25, -0.2) is 0 Å². The first-order valence-electron chi connectivity index (χ1n) is 26.6. The molecule has 9 rings (SSSR count). The molecule has 420 valence electrons. The van der Waals surface area contributed by atoms with E-state index in [0.717, 1.165) is 51.3 Å². The maximum Gasteiger partial charge on any atom is 0.275 e. The smallest absolute Gasteiger partial charge is 0.275 e. The topological polar surface area (TPSA) is 195 Å². The van der Waals surface area contributed by atoms with Crippen LogP contribution in [0.1, 0.15) is 82.1 Å². The number of hydrogen-bond donors (Lipinski definition) is 2. The van der Waals surface area contributed by atoms with E-state index in [9.17, 15) is 27.4 Å². The molecule has 4 aliphatic rings. The number of Topliss-reactive ketones (excluding diaryl/α,β-unsaturated/α-hetero) is 1. The lowest BCUT2D eigenvalue weighted by Gasteiger charge is -2.34. The number of ketones is 1. The van der Waals surface area contributed by atoms with Gasteiger partial charge in [0.25, 0.3) is 21.9 Å². The molecule has 0 bridgehead atoms. The second kappa shape index (κ2) is 25.5. The van der Waals surface area contributed by atoms with Gasteiger partial charge in [-0.3, -0.25) is 28.8 Å². The number of para-hydroxylation sites is 2. The average Bonchev–Trinajstić information content (AvgIpc) is 4.20. The number of aliphatic imine (C=N–C) groups is 1. The van der Waals surface area contributed by atoms with E-state index in [1.165, 1.54) is 10.8 Å². The van der Waals surface area contributed by atoms with Crippen molar-refractivity contribution in [1.29, 1.82) is 0 Å². The summed E-state index contributed by atoms with van der Waals surface area (Å²) in [4.78, 5) is 51.7. The van der Waals surface area contributed by atoms with Crippen molar-refractivity contribution in [2.45, 2.75) is 88.7 Å². The highest BCUT2D eigenvalue weighted by molar-refractivity contribution is 8.77. The summed E-state index contributed by atoms with van der Waals surface area (Å²) in [7, 11) is 1.64. The van der Waals surface area contributed by atoms with Crippen LogP contribution in [-0.2, 0) is 55.2 Å². The van der Waals surface area contributed by atoms with Crippen LogP contribution in [0.25, 0.3) is 0 Å². The third kappa shape index (κ3) is 13.6. The Morgan fingerprint density at radius 3 is 2.18 bits per heavy atom. The first kappa shape index (κ1) is 57.6. The Labute approximate surface area is 470 Å². The van der Waals surface area contributed by atoms with Crippen LogP contribution >= 0.6 is 21.6 Å². The number of rotatable bonds is 27. The second-order valence-corrected chi connectivity index (χ2v) is 25.3. The predicted octanol–water partition coefficient (Wildman–Crippen LogP) is 9.72. The minimum Gasteiger partial charge on any atom is -0.493 e. The van der Waals surface area contributed by atoms with Crippen molar-refractivity contribution < 1.29 is 55.8 Å². The van der Waals surface area contributed by atoms with Gasteiger partial charge in [0, 0.05) is 85.5 Å². The summed E-state index contributed by atoms with van der Waals surface area (Å²) in [5, 5.41) is 2.09. The molecular weight excluding hydrogens is 1070 g/mol. The maximum atomic E-state index is 14.2. The predicted molar refractivity (Wildman–Crippen MR) is 313 cm³/mol. The van der Waals surface area contributed by atoms with Crippen LogP contribution in [0.3, 0.4) is 0 Å². The van der Waals surface area contributed by atoms with Crippen molar-refractivity contribution in [2.75, 3.05) is 92.7 Å². The Hall–Kier alpha value is -6.13. The fourth-order valence-corrected chi connectivity index (χ4v) is 14.2. The van der Waals surface area contributed by atoms with E-state index in [2.05, 4.69) is 42.3 Å². The van der Waals surface area contributed by atoms with Gasteiger partial charge in [-0.2, -0.15) is 8.42 Å². The summed E-state index contributed by atoms with van der Waals surface area (Å²) in [5.74, 6) is 1.01. The number of aryl methyl sites for hydroxylation is 1. The molecule has 0 saturated carbocycles. The van der Waals surface area contributed by atoms with Crippen LogP contribution in [0.2, 0.25) is 0 Å². The zero-order valence-corrected chi connectivity index (χ0v) is 48.0. The Morgan fingerprint density at radius 2 is 1.48 bits per heavy atom. The van der Waals surface area contributed by atoms with E-state index >= 15 is 0 Å². The number of carbonyl (C=O) groups excluding carboxylic acids is 3. The van der Waals surface area contributed by atoms with Crippen molar-refractivity contribution in [3.8, 4) is 17.2 Å². The van der Waals surface area contributed by atoms with Crippen LogP contribution in [-0.4, -0.2) is 132 Å². The molecule has 5 aromatic carbocycles. The van der Waals surface area contributed by atoms with Gasteiger partial charge in [0.15, 0.2) is 17.3 Å². The quantitative estimate of drug-likeness (QED) is 0.0286. The van der Waals surface area contributed by atoms with Crippen molar-refractivity contribution in [2.24, 2.45) is 4.99 Å². The van der Waals surface area contributed by atoms with Crippen molar-refractivity contribution >= 4 is 84.0 Å². The van der Waals surface area contributed by atoms with Crippen LogP contribution in [0.5, 0.6) is 17.2 Å². The number of methoxy groups -OCH3 is 2. The minimum absolute atomic E-state index is 0.00684. The molecular formula is C59H69N5O12S3. The average molecular weight is 1140 g/mol. The highest BCUT2D eigenvalue weighted by atomic mass is 33.1. The molecule has 4 heterocycles. The molecule has 20 heteroatoms. The number of nitrogens with zero attached hydrogens (tertiary/aromatic N) is 4. The zero-order valence-electron chi connectivity index (χ0n) is 45.5. The van der Waals surface area contributed by atoms with Gasteiger partial charge in [0.05, 0.1) is 74.7 Å². The standard InChI is InChI=1S/C59H69N5O12S3/c1-7-52(65)56(79(68,69)70)16-23-77-78-59(3,4)37-62(17-18-73-21-22-74-20-19-71-5)43-26-39(35-75-53-31-48-46(24-38(53)2)57(66)63-44(33-60-48)28-41-12-8-10-14-50(41)63)25-40(27-43)36-76-55-32-49-47(30-54(55)72-6)58(67)64-45(34-61-49)29-42-13-9-11-15-51(42)64/h8-15,24-27,30-32,34,44-45,56,60H,7,16-23,28-29,33,35-37H2,1-6H3,(H,68,69,70)/t44-,45-,56?/m0/s1. The fourth-order valence-electron chi connectivity index (χ4n) is 10.5. The maximum absolute atomic E-state index is 14.2. The number of nitrogens with one attached hydrogen (secondary N) is 1. The molecule has 1 unspecified atom stereocenters. The summed E-state index contributed by atoms with van der Waals surface area (Å²) in [6.45, 7) is 11.6. The zero-order chi connectivity index (χ0) is 55.8. The summed E-state index contributed by atoms with van der Waals surface area (Å²) >= 11 is 0. The molecule has 5 aromatic rings. The highest BCUT2D eigenvalue weighted by Crippen LogP contribution is 2.43. The van der Waals surface area contributed by atoms with E-state index in [4.69, 9.17) is 33.4 Å². The van der Waals surface area contributed by atoms with Gasteiger partial charge in [-0.1, -0.05) is 64.9 Å². The third-order valence-electron chi connectivity index (χ3n) is 14.4. The van der Waals surface area contributed by atoms with Gasteiger partial charge in [0.1, 0.15) is 24.2 Å². The SMILES string of the molecule is CCC(=O)C(CCSSC(C)(C)CN(CCOCCOCCOC)c1cc(COc2cc3c(cc2C)C(=O)N2c4ccccc4C[C@H]2CN3)cc(COc2cc3c(cc2OC)C(=O)N2c4ccccc4C[C@H]2C=N3)c1)S(=O)(=O)O. The van der Waals surface area contributed by atoms with Gasteiger partial charge in [-0.15, -0.1) is 0 Å². The van der Waals surface area contributed by atoms with E-state index < -0.39 is 25.9 Å². The Balaban J connectivity index is 0.996. The number of hydrogen-bond acceptors (Lipinski definition) is 16. The summed E-state index contributed by atoms with van der Waals surface area (Å²) in [6.07, 6.45) is 3.26. The van der Waals surface area contributed by atoms with Gasteiger partial charge < -0.3 is 43.5 Å². The molecule has 0 spiro atoms. The van der Waals surface area contributed by atoms with E-state index in [0.29, 0.717) is 105 Å². The molecule has 79 heavy (non-hydrogen) atoms. The fraction of sp³-hybridized carbons (Fsp3) is 0.424. The molecule has 17 nitrogen and oxygen atoms in total. The van der Waals surface area contributed by atoms with Crippen LogP contribution in [0, 0.1) is 6.92 Å². The number of amides is 2. The molecule has 0 radical (unpaired) electrons. The van der Waals surface area contributed by atoms with Crippen molar-refractivity contribution in [3.63, 3.8) is 0 Å². The first-order chi connectivity index (χ1) is 38.0. The van der Waals surface area contributed by atoms with Crippen LogP contribution in [0.4, 0.5) is 28.4 Å². The number of anilines is 4. The Morgan fingerprint density at radius 1 is 0.823 bits per heavy atom. The largest absolute Gasteiger partial charge is 0.493 e. The lowest BCUT2D eigenvalue weighted by Crippen LogP contribution is -2.39. The molecule has 2 N–H and O–H groups in total. The van der Waals surface area contributed by atoms with Gasteiger partial charge in [-0.05, 0) is 104 Å². The van der Waals surface area contributed by atoms with Gasteiger partial charge in [0.2, 0.25) is 0 Å². The van der Waals surface area contributed by atoms with Crippen LogP contribution < -0.4 is 34.2 Å². The second-order valence-electron chi connectivity index (χ2n) is 20.6. The molecule has 2 amide bonds. The Bertz CT molecular complexity index is 3190.